The third kappa shape index (κ3) is 6.32. The maximum absolute atomic E-state index is 5.27. The molecule has 1 unspecified atom stereocenters. The highest BCUT2D eigenvalue weighted by atomic mass is 16.5. The number of hydrogen-bond donors (Lipinski definition) is 1. The Morgan fingerprint density at radius 3 is 2.45 bits per heavy atom. The van der Waals surface area contributed by atoms with Crippen molar-refractivity contribution in [1.29, 1.82) is 0 Å². The Morgan fingerprint density at radius 1 is 1.27 bits per heavy atom. The zero-order valence-electron chi connectivity index (χ0n) is 8.02. The van der Waals surface area contributed by atoms with E-state index >= 15 is 0 Å². The van der Waals surface area contributed by atoms with E-state index in [1.54, 1.807) is 0 Å². The Balaban J connectivity index is 3.20. The van der Waals surface area contributed by atoms with E-state index in [1.165, 1.54) is 6.42 Å². The standard InChI is InChI=1S/C9H21NO/c1-4-9(10-5-2)7-8-11-6-3/h9-10H,4-8H2,1-3H3. The highest BCUT2D eigenvalue weighted by Crippen LogP contribution is 1.97. The van der Waals surface area contributed by atoms with Crippen molar-refractivity contribution in [3.63, 3.8) is 0 Å². The molecular formula is C9H21NO. The van der Waals surface area contributed by atoms with E-state index in [0.29, 0.717) is 6.04 Å². The molecule has 0 spiro atoms. The third-order valence-electron chi connectivity index (χ3n) is 1.80. The first-order chi connectivity index (χ1) is 5.35. The quantitative estimate of drug-likeness (QED) is 0.572. The molecule has 1 atom stereocenters. The van der Waals surface area contributed by atoms with Gasteiger partial charge in [0.05, 0.1) is 0 Å². The second-order valence-corrected chi connectivity index (χ2v) is 2.65. The summed E-state index contributed by atoms with van der Waals surface area (Å²) in [6, 6.07) is 0.645. The van der Waals surface area contributed by atoms with Crippen molar-refractivity contribution in [2.24, 2.45) is 0 Å². The van der Waals surface area contributed by atoms with Crippen LogP contribution in [-0.2, 0) is 4.74 Å². The molecule has 0 saturated heterocycles. The first-order valence-electron chi connectivity index (χ1n) is 4.66. The van der Waals surface area contributed by atoms with Crippen LogP contribution < -0.4 is 5.32 Å². The molecule has 0 aliphatic carbocycles. The zero-order chi connectivity index (χ0) is 8.53. The van der Waals surface area contributed by atoms with Crippen LogP contribution in [0.2, 0.25) is 0 Å². The molecule has 0 saturated carbocycles. The monoisotopic (exact) mass is 159 g/mol. The van der Waals surface area contributed by atoms with Crippen molar-refractivity contribution < 1.29 is 4.74 Å². The van der Waals surface area contributed by atoms with Crippen LogP contribution in [0.3, 0.4) is 0 Å². The molecule has 0 rings (SSSR count). The van der Waals surface area contributed by atoms with Crippen LogP contribution in [0.4, 0.5) is 0 Å². The maximum atomic E-state index is 5.27. The summed E-state index contributed by atoms with van der Waals surface area (Å²) in [5, 5.41) is 3.41. The Kier molecular flexibility index (Phi) is 7.96. The van der Waals surface area contributed by atoms with Gasteiger partial charge >= 0.3 is 0 Å². The minimum atomic E-state index is 0.645. The lowest BCUT2D eigenvalue weighted by Crippen LogP contribution is -2.29. The van der Waals surface area contributed by atoms with Gasteiger partial charge < -0.3 is 10.1 Å². The van der Waals surface area contributed by atoms with Crippen LogP contribution >= 0.6 is 0 Å². The van der Waals surface area contributed by atoms with Crippen LogP contribution in [0.1, 0.15) is 33.6 Å². The summed E-state index contributed by atoms with van der Waals surface area (Å²) < 4.78 is 5.27. The predicted molar refractivity (Wildman–Crippen MR) is 48.9 cm³/mol. The highest BCUT2D eigenvalue weighted by molar-refractivity contribution is 4.62. The first kappa shape index (κ1) is 10.9. The Hall–Kier alpha value is -0.0800. The largest absolute Gasteiger partial charge is 0.382 e. The lowest BCUT2D eigenvalue weighted by atomic mass is 10.1. The molecule has 0 aromatic rings. The van der Waals surface area contributed by atoms with Crippen LogP contribution in [0.5, 0.6) is 0 Å². The van der Waals surface area contributed by atoms with E-state index in [0.717, 1.165) is 26.2 Å². The van der Waals surface area contributed by atoms with Crippen molar-refractivity contribution >= 4 is 0 Å². The Bertz CT molecular complexity index is 76.0. The van der Waals surface area contributed by atoms with Crippen LogP contribution in [-0.4, -0.2) is 25.8 Å². The van der Waals surface area contributed by atoms with Gasteiger partial charge in [-0.05, 0) is 26.3 Å². The summed E-state index contributed by atoms with van der Waals surface area (Å²) in [4.78, 5) is 0. The Labute approximate surface area is 70.3 Å². The van der Waals surface area contributed by atoms with Crippen molar-refractivity contribution in [2.75, 3.05) is 19.8 Å². The average Bonchev–Trinajstić information content (AvgIpc) is 2.03. The first-order valence-corrected chi connectivity index (χ1v) is 4.66. The summed E-state index contributed by atoms with van der Waals surface area (Å²) in [5.74, 6) is 0. The minimum absolute atomic E-state index is 0.645. The molecule has 0 aromatic heterocycles. The summed E-state index contributed by atoms with van der Waals surface area (Å²) in [5.41, 5.74) is 0. The van der Waals surface area contributed by atoms with E-state index in [4.69, 9.17) is 4.74 Å². The SMILES string of the molecule is CCNC(CC)CCOCC. The summed E-state index contributed by atoms with van der Waals surface area (Å²) in [7, 11) is 0. The van der Waals surface area contributed by atoms with Crippen molar-refractivity contribution in [3.8, 4) is 0 Å². The zero-order valence-corrected chi connectivity index (χ0v) is 8.02. The fourth-order valence-electron chi connectivity index (χ4n) is 1.11. The predicted octanol–water partition coefficient (Wildman–Crippen LogP) is 1.80. The molecule has 0 aromatic carbocycles. The third-order valence-corrected chi connectivity index (χ3v) is 1.80. The fraction of sp³-hybridized carbons (Fsp3) is 1.00. The average molecular weight is 159 g/mol. The van der Waals surface area contributed by atoms with Gasteiger partial charge in [0, 0.05) is 19.3 Å². The number of nitrogens with one attached hydrogen (secondary N) is 1. The highest BCUT2D eigenvalue weighted by Gasteiger charge is 2.02. The van der Waals surface area contributed by atoms with Crippen molar-refractivity contribution in [2.45, 2.75) is 39.7 Å². The minimum Gasteiger partial charge on any atom is -0.382 e. The second kappa shape index (κ2) is 8.02. The molecular weight excluding hydrogens is 138 g/mol. The molecule has 68 valence electrons. The molecule has 0 radical (unpaired) electrons. The van der Waals surface area contributed by atoms with Gasteiger partial charge in [-0.25, -0.2) is 0 Å². The van der Waals surface area contributed by atoms with Crippen LogP contribution in [0.15, 0.2) is 0 Å². The lowest BCUT2D eigenvalue weighted by Gasteiger charge is -2.14. The van der Waals surface area contributed by atoms with Gasteiger partial charge in [0.25, 0.3) is 0 Å². The molecule has 1 N–H and O–H groups in total. The molecule has 2 nitrogen and oxygen atoms in total. The van der Waals surface area contributed by atoms with E-state index < -0.39 is 0 Å². The molecule has 0 heterocycles. The number of rotatable bonds is 7. The van der Waals surface area contributed by atoms with Gasteiger partial charge in [0.2, 0.25) is 0 Å². The Morgan fingerprint density at radius 2 is 2.00 bits per heavy atom. The molecule has 11 heavy (non-hydrogen) atoms. The normalized spacial score (nSPS) is 13.4. The van der Waals surface area contributed by atoms with E-state index in [9.17, 15) is 0 Å². The van der Waals surface area contributed by atoms with Gasteiger partial charge in [-0.2, -0.15) is 0 Å². The van der Waals surface area contributed by atoms with E-state index in [1.807, 2.05) is 6.92 Å². The van der Waals surface area contributed by atoms with Crippen molar-refractivity contribution in [1.82, 2.24) is 5.32 Å². The molecule has 0 amide bonds. The fourth-order valence-corrected chi connectivity index (χ4v) is 1.11. The molecule has 0 bridgehead atoms. The number of ether oxygens (including phenoxy) is 1. The van der Waals surface area contributed by atoms with E-state index in [-0.39, 0.29) is 0 Å². The summed E-state index contributed by atoms with van der Waals surface area (Å²) >= 11 is 0. The van der Waals surface area contributed by atoms with Crippen LogP contribution in [0.25, 0.3) is 0 Å². The molecule has 0 fully saturated rings. The van der Waals surface area contributed by atoms with Crippen molar-refractivity contribution in [3.05, 3.63) is 0 Å². The summed E-state index contributed by atoms with van der Waals surface area (Å²) in [6.07, 6.45) is 2.33. The number of hydrogen-bond acceptors (Lipinski definition) is 2. The molecule has 2 heteroatoms. The topological polar surface area (TPSA) is 21.3 Å². The second-order valence-electron chi connectivity index (χ2n) is 2.65. The van der Waals surface area contributed by atoms with Gasteiger partial charge in [0.1, 0.15) is 0 Å². The maximum Gasteiger partial charge on any atom is 0.0480 e. The van der Waals surface area contributed by atoms with Gasteiger partial charge in [-0.3, -0.25) is 0 Å². The lowest BCUT2D eigenvalue weighted by molar-refractivity contribution is 0.136. The van der Waals surface area contributed by atoms with Gasteiger partial charge in [-0.15, -0.1) is 0 Å². The molecule has 0 aliphatic heterocycles. The van der Waals surface area contributed by atoms with E-state index in [2.05, 4.69) is 19.2 Å². The molecule has 0 aliphatic rings. The smallest absolute Gasteiger partial charge is 0.0480 e. The van der Waals surface area contributed by atoms with Gasteiger partial charge in [-0.1, -0.05) is 13.8 Å². The van der Waals surface area contributed by atoms with Gasteiger partial charge in [0.15, 0.2) is 0 Å². The summed E-state index contributed by atoms with van der Waals surface area (Å²) in [6.45, 7) is 9.17. The van der Waals surface area contributed by atoms with Crippen LogP contribution in [0, 0.1) is 0 Å².